The molecular formula is C14H23NO. The Balaban J connectivity index is 2.37. The largest absolute Gasteiger partial charge is 0.395 e. The van der Waals surface area contributed by atoms with E-state index in [9.17, 15) is 5.11 Å². The fraction of sp³-hybridized carbons (Fsp3) is 0.571. The summed E-state index contributed by atoms with van der Waals surface area (Å²) in [6.45, 7) is 5.60. The van der Waals surface area contributed by atoms with Crippen LogP contribution in [0.2, 0.25) is 0 Å². The Morgan fingerprint density at radius 3 is 2.50 bits per heavy atom. The average Bonchev–Trinajstić information content (AvgIpc) is 2.35. The molecule has 0 fully saturated rings. The van der Waals surface area contributed by atoms with Gasteiger partial charge in [0.05, 0.1) is 6.61 Å². The lowest BCUT2D eigenvalue weighted by Crippen LogP contribution is -2.37. The minimum Gasteiger partial charge on any atom is -0.395 e. The van der Waals surface area contributed by atoms with Crippen LogP contribution in [0, 0.1) is 5.92 Å². The molecule has 1 rings (SSSR count). The highest BCUT2D eigenvalue weighted by Crippen LogP contribution is 2.04. The van der Waals surface area contributed by atoms with Gasteiger partial charge in [-0.2, -0.15) is 0 Å². The molecule has 2 nitrogen and oxygen atoms in total. The van der Waals surface area contributed by atoms with Crippen molar-refractivity contribution in [1.29, 1.82) is 0 Å². The molecule has 0 aliphatic rings. The zero-order chi connectivity index (χ0) is 11.8. The predicted molar refractivity (Wildman–Crippen MR) is 68.5 cm³/mol. The molecule has 1 aromatic rings. The topological polar surface area (TPSA) is 32.3 Å². The van der Waals surface area contributed by atoms with Gasteiger partial charge in [-0.3, -0.25) is 0 Å². The van der Waals surface area contributed by atoms with Crippen LogP contribution >= 0.6 is 0 Å². The van der Waals surface area contributed by atoms with Gasteiger partial charge in [0.1, 0.15) is 0 Å². The monoisotopic (exact) mass is 221 g/mol. The van der Waals surface area contributed by atoms with Crippen molar-refractivity contribution in [3.05, 3.63) is 35.9 Å². The number of hydrogen-bond donors (Lipinski definition) is 2. The fourth-order valence-electron chi connectivity index (χ4n) is 1.61. The van der Waals surface area contributed by atoms with Gasteiger partial charge < -0.3 is 10.4 Å². The van der Waals surface area contributed by atoms with Crippen LogP contribution in [0.3, 0.4) is 0 Å². The van der Waals surface area contributed by atoms with Crippen molar-refractivity contribution < 1.29 is 5.11 Å². The third-order valence-electron chi connectivity index (χ3n) is 3.00. The average molecular weight is 221 g/mol. The van der Waals surface area contributed by atoms with Crippen molar-refractivity contribution in [2.45, 2.75) is 32.7 Å². The Labute approximate surface area is 98.7 Å². The molecule has 2 heteroatoms. The zero-order valence-electron chi connectivity index (χ0n) is 10.3. The smallest absolute Gasteiger partial charge is 0.0587 e. The number of hydrogen-bond acceptors (Lipinski definition) is 2. The van der Waals surface area contributed by atoms with Crippen molar-refractivity contribution >= 4 is 0 Å². The first kappa shape index (κ1) is 13.2. The molecule has 2 N–H and O–H groups in total. The van der Waals surface area contributed by atoms with E-state index in [1.54, 1.807) is 0 Å². The second kappa shape index (κ2) is 7.42. The molecule has 0 radical (unpaired) electrons. The van der Waals surface area contributed by atoms with Gasteiger partial charge in [-0.1, -0.05) is 50.6 Å². The molecule has 1 aromatic carbocycles. The number of aliphatic hydroxyl groups is 1. The molecule has 16 heavy (non-hydrogen) atoms. The summed E-state index contributed by atoms with van der Waals surface area (Å²) in [5.41, 5.74) is 1.28. The molecule has 0 bridgehead atoms. The number of nitrogens with one attached hydrogen (secondary N) is 1. The maximum Gasteiger partial charge on any atom is 0.0587 e. The maximum absolute atomic E-state index is 9.31. The third-order valence-corrected chi connectivity index (χ3v) is 3.00. The highest BCUT2D eigenvalue weighted by atomic mass is 16.3. The van der Waals surface area contributed by atoms with Crippen LogP contribution in [0.25, 0.3) is 0 Å². The Kier molecular flexibility index (Phi) is 6.12. The summed E-state index contributed by atoms with van der Waals surface area (Å²) in [4.78, 5) is 0. The minimum absolute atomic E-state index is 0.177. The third kappa shape index (κ3) is 4.77. The summed E-state index contributed by atoms with van der Waals surface area (Å²) < 4.78 is 0. The van der Waals surface area contributed by atoms with E-state index in [1.165, 1.54) is 12.0 Å². The molecular weight excluding hydrogens is 198 g/mol. The molecule has 0 aromatic heterocycles. The summed E-state index contributed by atoms with van der Waals surface area (Å²) in [6, 6.07) is 10.5. The lowest BCUT2D eigenvalue weighted by molar-refractivity contribution is 0.236. The van der Waals surface area contributed by atoms with Crippen LogP contribution in [0.1, 0.15) is 25.8 Å². The number of aliphatic hydroxyl groups excluding tert-OH is 1. The Morgan fingerprint density at radius 2 is 1.94 bits per heavy atom. The van der Waals surface area contributed by atoms with E-state index < -0.39 is 0 Å². The second-order valence-corrected chi connectivity index (χ2v) is 4.49. The molecule has 0 aliphatic carbocycles. The molecule has 0 aliphatic heterocycles. The maximum atomic E-state index is 9.31. The number of rotatable bonds is 7. The molecule has 0 saturated heterocycles. The van der Waals surface area contributed by atoms with Gasteiger partial charge in [0, 0.05) is 6.04 Å². The van der Waals surface area contributed by atoms with E-state index in [0.29, 0.717) is 5.92 Å². The first-order valence-electron chi connectivity index (χ1n) is 6.14. The van der Waals surface area contributed by atoms with Crippen molar-refractivity contribution in [2.75, 3.05) is 13.2 Å². The molecule has 0 spiro atoms. The van der Waals surface area contributed by atoms with Crippen LogP contribution in [0.5, 0.6) is 0 Å². The molecule has 0 saturated carbocycles. The fourth-order valence-corrected chi connectivity index (χ4v) is 1.61. The van der Waals surface area contributed by atoms with E-state index in [0.717, 1.165) is 13.0 Å². The van der Waals surface area contributed by atoms with Crippen LogP contribution < -0.4 is 5.32 Å². The van der Waals surface area contributed by atoms with Gasteiger partial charge in [-0.05, 0) is 24.4 Å². The Hall–Kier alpha value is -0.860. The van der Waals surface area contributed by atoms with Gasteiger partial charge in [0.15, 0.2) is 0 Å². The van der Waals surface area contributed by atoms with E-state index in [4.69, 9.17) is 0 Å². The van der Waals surface area contributed by atoms with Crippen molar-refractivity contribution in [1.82, 2.24) is 5.32 Å². The van der Waals surface area contributed by atoms with Crippen LogP contribution in [-0.2, 0) is 6.42 Å². The summed E-state index contributed by atoms with van der Waals surface area (Å²) in [6.07, 6.45) is 2.07. The molecule has 1 unspecified atom stereocenters. The molecule has 90 valence electrons. The van der Waals surface area contributed by atoms with Crippen molar-refractivity contribution in [2.24, 2.45) is 5.92 Å². The van der Waals surface area contributed by atoms with Gasteiger partial charge in [-0.25, -0.2) is 0 Å². The highest BCUT2D eigenvalue weighted by Gasteiger charge is 2.08. The first-order chi connectivity index (χ1) is 7.76. The van der Waals surface area contributed by atoms with E-state index in [2.05, 4.69) is 31.3 Å². The van der Waals surface area contributed by atoms with Crippen molar-refractivity contribution in [3.8, 4) is 0 Å². The molecule has 0 heterocycles. The standard InChI is InChI=1S/C14H23NO/c1-3-12(2)10-15-14(11-16)9-13-7-5-4-6-8-13/h4-8,12,14-16H,3,9-11H2,1-2H3/t12?,14-/m1/s1. The minimum atomic E-state index is 0.177. The quantitative estimate of drug-likeness (QED) is 0.740. The molecule has 2 atom stereocenters. The lowest BCUT2D eigenvalue weighted by atomic mass is 10.0. The van der Waals surface area contributed by atoms with E-state index >= 15 is 0 Å². The Morgan fingerprint density at radius 1 is 1.25 bits per heavy atom. The van der Waals surface area contributed by atoms with Gasteiger partial charge in [0.25, 0.3) is 0 Å². The zero-order valence-corrected chi connectivity index (χ0v) is 10.3. The second-order valence-electron chi connectivity index (χ2n) is 4.49. The summed E-state index contributed by atoms with van der Waals surface area (Å²) in [7, 11) is 0. The van der Waals surface area contributed by atoms with Gasteiger partial charge >= 0.3 is 0 Å². The summed E-state index contributed by atoms with van der Waals surface area (Å²) in [5.74, 6) is 0.671. The number of benzene rings is 1. The van der Waals surface area contributed by atoms with Gasteiger partial charge in [0.2, 0.25) is 0 Å². The molecule has 0 amide bonds. The van der Waals surface area contributed by atoms with E-state index in [-0.39, 0.29) is 12.6 Å². The van der Waals surface area contributed by atoms with Gasteiger partial charge in [-0.15, -0.1) is 0 Å². The summed E-state index contributed by atoms with van der Waals surface area (Å²) >= 11 is 0. The van der Waals surface area contributed by atoms with Crippen molar-refractivity contribution in [3.63, 3.8) is 0 Å². The summed E-state index contributed by atoms with van der Waals surface area (Å²) in [5, 5.41) is 12.7. The Bertz CT molecular complexity index is 273. The van der Waals surface area contributed by atoms with E-state index in [1.807, 2.05) is 18.2 Å². The highest BCUT2D eigenvalue weighted by molar-refractivity contribution is 5.15. The first-order valence-corrected chi connectivity index (χ1v) is 6.14. The van der Waals surface area contributed by atoms with Crippen LogP contribution in [-0.4, -0.2) is 24.3 Å². The lowest BCUT2D eigenvalue weighted by Gasteiger charge is -2.18. The van der Waals surface area contributed by atoms with Crippen LogP contribution in [0.15, 0.2) is 30.3 Å². The normalized spacial score (nSPS) is 14.7. The van der Waals surface area contributed by atoms with Crippen LogP contribution in [0.4, 0.5) is 0 Å². The SMILES string of the molecule is CCC(C)CN[C@@H](CO)Cc1ccccc1. The predicted octanol–water partition coefficient (Wildman–Crippen LogP) is 2.23.